The van der Waals surface area contributed by atoms with Gasteiger partial charge in [-0.05, 0) is 48.5 Å². The van der Waals surface area contributed by atoms with E-state index in [-0.39, 0.29) is 18.3 Å². The van der Waals surface area contributed by atoms with Crippen LogP contribution in [0.25, 0.3) is 21.3 Å². The van der Waals surface area contributed by atoms with Gasteiger partial charge in [-0.2, -0.15) is 9.57 Å². The maximum atomic E-state index is 13.0. The highest BCUT2D eigenvalue weighted by Gasteiger charge is 2.35. The van der Waals surface area contributed by atoms with Crippen LogP contribution in [0.2, 0.25) is 0 Å². The van der Waals surface area contributed by atoms with Gasteiger partial charge in [0, 0.05) is 12.5 Å². The second-order valence-electron chi connectivity index (χ2n) is 10.2. The third kappa shape index (κ3) is 4.88. The van der Waals surface area contributed by atoms with Gasteiger partial charge in [0.15, 0.2) is 0 Å². The highest BCUT2D eigenvalue weighted by Crippen LogP contribution is 2.39. The van der Waals surface area contributed by atoms with E-state index in [1.54, 1.807) is 38.3 Å². The van der Waals surface area contributed by atoms with Crippen molar-refractivity contribution in [2.45, 2.75) is 65.5 Å². The number of hydrogen-bond donors (Lipinski definition) is 1. The summed E-state index contributed by atoms with van der Waals surface area (Å²) in [4.78, 5) is 21.3. The molecule has 182 valence electrons. The zero-order chi connectivity index (χ0) is 24.7. The van der Waals surface area contributed by atoms with E-state index in [9.17, 15) is 18.3 Å². The molecular formula is C23H29N5O4S2. The zero-order valence-electron chi connectivity index (χ0n) is 19.6. The van der Waals surface area contributed by atoms with Crippen molar-refractivity contribution >= 4 is 48.7 Å². The van der Waals surface area contributed by atoms with Crippen molar-refractivity contribution in [1.82, 2.24) is 18.8 Å². The fourth-order valence-electron chi connectivity index (χ4n) is 4.81. The molecular weight excluding hydrogens is 474 g/mol. The minimum Gasteiger partial charge on any atom is -0.464 e. The molecule has 0 radical (unpaired) electrons. The number of thiophene rings is 1. The van der Waals surface area contributed by atoms with Gasteiger partial charge in [-0.25, -0.2) is 18.2 Å². The molecule has 3 aromatic heterocycles. The topological polar surface area (TPSA) is 129 Å². The van der Waals surface area contributed by atoms with Gasteiger partial charge in [0.2, 0.25) is 10.0 Å². The Labute approximate surface area is 203 Å². The smallest absolute Gasteiger partial charge is 0.421 e. The summed E-state index contributed by atoms with van der Waals surface area (Å²) in [5.41, 5.74) is 1.73. The SMILES string of the molecule is CC(C)(C)CS(=O)(=O)N(Cc1nc2cnc3ccsc3c2n1[C@H]1CC[C@H](CC#N)CC1)C(=O)O. The Morgan fingerprint density at radius 1 is 1.29 bits per heavy atom. The van der Waals surface area contributed by atoms with Crippen LogP contribution in [0.4, 0.5) is 4.79 Å². The van der Waals surface area contributed by atoms with Gasteiger partial charge in [-0.3, -0.25) is 4.98 Å². The van der Waals surface area contributed by atoms with E-state index < -0.39 is 21.5 Å². The number of pyridine rings is 1. The van der Waals surface area contributed by atoms with Gasteiger partial charge in [0.05, 0.1) is 40.3 Å². The molecule has 1 saturated carbocycles. The minimum absolute atomic E-state index is 0.0450. The monoisotopic (exact) mass is 503 g/mol. The van der Waals surface area contributed by atoms with Gasteiger partial charge >= 0.3 is 6.09 Å². The molecule has 0 spiro atoms. The van der Waals surface area contributed by atoms with E-state index in [0.717, 1.165) is 41.4 Å². The highest BCUT2D eigenvalue weighted by atomic mass is 32.2. The molecule has 0 aliphatic heterocycles. The van der Waals surface area contributed by atoms with Crippen molar-refractivity contribution in [3.63, 3.8) is 0 Å². The van der Waals surface area contributed by atoms with E-state index in [1.165, 1.54) is 0 Å². The molecule has 1 amide bonds. The summed E-state index contributed by atoms with van der Waals surface area (Å²) < 4.78 is 29.6. The van der Waals surface area contributed by atoms with Crippen molar-refractivity contribution in [3.05, 3.63) is 23.5 Å². The second kappa shape index (κ2) is 9.15. The van der Waals surface area contributed by atoms with Crippen LogP contribution in [0.3, 0.4) is 0 Å². The lowest BCUT2D eigenvalue weighted by atomic mass is 9.84. The molecule has 34 heavy (non-hydrogen) atoms. The normalized spacial score (nSPS) is 19.4. The Bertz CT molecular complexity index is 1360. The maximum absolute atomic E-state index is 13.0. The lowest BCUT2D eigenvalue weighted by Gasteiger charge is -2.31. The fraction of sp³-hybridized carbons (Fsp3) is 0.565. The first kappa shape index (κ1) is 24.4. The van der Waals surface area contributed by atoms with Crippen molar-refractivity contribution in [2.24, 2.45) is 11.3 Å². The molecule has 11 heteroatoms. The van der Waals surface area contributed by atoms with Gasteiger partial charge < -0.3 is 9.67 Å². The lowest BCUT2D eigenvalue weighted by molar-refractivity contribution is 0.168. The molecule has 1 aliphatic rings. The van der Waals surface area contributed by atoms with E-state index in [4.69, 9.17) is 10.2 Å². The second-order valence-corrected chi connectivity index (χ2v) is 13.0. The van der Waals surface area contributed by atoms with Crippen LogP contribution in [-0.4, -0.2) is 44.2 Å². The third-order valence-electron chi connectivity index (χ3n) is 6.21. The molecule has 0 unspecified atom stereocenters. The average Bonchev–Trinajstić information content (AvgIpc) is 3.34. The average molecular weight is 504 g/mol. The largest absolute Gasteiger partial charge is 0.464 e. The number of amides is 1. The summed E-state index contributed by atoms with van der Waals surface area (Å²) in [5, 5.41) is 20.9. The van der Waals surface area contributed by atoms with Crippen LogP contribution in [0.15, 0.2) is 17.6 Å². The van der Waals surface area contributed by atoms with Crippen LogP contribution >= 0.6 is 11.3 Å². The summed E-state index contributed by atoms with van der Waals surface area (Å²) in [6.07, 6.45) is 4.10. The number of carbonyl (C=O) groups is 1. The van der Waals surface area contributed by atoms with Crippen molar-refractivity contribution in [1.29, 1.82) is 5.26 Å². The molecule has 1 aliphatic carbocycles. The molecule has 1 N–H and O–H groups in total. The predicted molar refractivity (Wildman–Crippen MR) is 131 cm³/mol. The Balaban J connectivity index is 1.80. The number of rotatable bonds is 6. The Morgan fingerprint density at radius 3 is 2.62 bits per heavy atom. The molecule has 4 rings (SSSR count). The summed E-state index contributed by atoms with van der Waals surface area (Å²) in [7, 11) is -4.08. The standard InChI is InChI=1S/C23H29N5O4S2/c1-23(2,3)14-34(31,32)27(22(29)30)13-19-26-18-12-25-17-9-11-33-21(17)20(18)28(19)16-6-4-15(5-7-16)8-10-24/h9,11-12,15-16H,4-8,13-14H2,1-3H3,(H,29,30)/t15-,16-. The highest BCUT2D eigenvalue weighted by molar-refractivity contribution is 7.89. The van der Waals surface area contributed by atoms with Gasteiger partial charge in [0.25, 0.3) is 0 Å². The van der Waals surface area contributed by atoms with Crippen molar-refractivity contribution in [2.75, 3.05) is 5.75 Å². The number of imidazole rings is 1. The summed E-state index contributed by atoms with van der Waals surface area (Å²) >= 11 is 1.54. The van der Waals surface area contributed by atoms with Crippen LogP contribution in [0.1, 0.15) is 64.7 Å². The maximum Gasteiger partial charge on any atom is 0.421 e. The van der Waals surface area contributed by atoms with Gasteiger partial charge in [0.1, 0.15) is 11.3 Å². The number of sulfonamides is 1. The van der Waals surface area contributed by atoms with Crippen LogP contribution in [0.5, 0.6) is 0 Å². The van der Waals surface area contributed by atoms with E-state index >= 15 is 0 Å². The summed E-state index contributed by atoms with van der Waals surface area (Å²) in [5.74, 6) is 0.467. The molecule has 1 fully saturated rings. The number of nitriles is 1. The zero-order valence-corrected chi connectivity index (χ0v) is 21.2. The molecule has 0 aromatic carbocycles. The van der Waals surface area contributed by atoms with Gasteiger partial charge in [-0.1, -0.05) is 20.8 Å². The minimum atomic E-state index is -4.08. The lowest BCUT2D eigenvalue weighted by Crippen LogP contribution is -2.40. The van der Waals surface area contributed by atoms with Crippen LogP contribution < -0.4 is 0 Å². The summed E-state index contributed by atoms with van der Waals surface area (Å²) in [6.45, 7) is 4.93. The number of hydrogen-bond acceptors (Lipinski definition) is 7. The van der Waals surface area contributed by atoms with Crippen LogP contribution in [0, 0.1) is 22.7 Å². The summed E-state index contributed by atoms with van der Waals surface area (Å²) in [6, 6.07) is 4.23. The first-order chi connectivity index (χ1) is 16.0. The number of carboxylic acid groups (broad SMARTS) is 1. The molecule has 0 bridgehead atoms. The van der Waals surface area contributed by atoms with Gasteiger partial charge in [-0.15, -0.1) is 11.3 Å². The van der Waals surface area contributed by atoms with E-state index in [1.807, 2.05) is 16.0 Å². The third-order valence-corrected chi connectivity index (χ3v) is 9.31. The first-order valence-corrected chi connectivity index (χ1v) is 13.8. The predicted octanol–water partition coefficient (Wildman–Crippen LogP) is 5.15. The molecule has 9 nitrogen and oxygen atoms in total. The molecule has 0 atom stereocenters. The molecule has 3 heterocycles. The van der Waals surface area contributed by atoms with Crippen LogP contribution in [-0.2, 0) is 16.6 Å². The Kier molecular flexibility index (Phi) is 6.57. The number of fused-ring (bicyclic) bond motifs is 3. The van der Waals surface area contributed by atoms with E-state index in [2.05, 4.69) is 11.1 Å². The number of nitrogens with zero attached hydrogens (tertiary/aromatic N) is 5. The molecule has 0 saturated heterocycles. The number of aromatic nitrogens is 3. The van der Waals surface area contributed by atoms with E-state index in [0.29, 0.717) is 28.0 Å². The quantitative estimate of drug-likeness (QED) is 0.492. The van der Waals surface area contributed by atoms with Crippen molar-refractivity contribution < 1.29 is 18.3 Å². The Morgan fingerprint density at radius 2 is 2.00 bits per heavy atom. The molecule has 3 aromatic rings. The van der Waals surface area contributed by atoms with Crippen molar-refractivity contribution in [3.8, 4) is 6.07 Å². The Hall–Kier alpha value is -2.71. The first-order valence-electron chi connectivity index (χ1n) is 11.3. The fourth-order valence-corrected chi connectivity index (χ4v) is 7.50.